The highest BCUT2D eigenvalue weighted by Gasteiger charge is 2.62. The van der Waals surface area contributed by atoms with Crippen LogP contribution in [0.2, 0.25) is 5.02 Å². The fourth-order valence-electron chi connectivity index (χ4n) is 8.62. The van der Waals surface area contributed by atoms with E-state index in [2.05, 4.69) is 24.5 Å². The van der Waals surface area contributed by atoms with Crippen LogP contribution < -0.4 is 20.1 Å². The maximum Gasteiger partial charge on any atom is 0.408 e. The minimum absolute atomic E-state index is 0.00842. The maximum atomic E-state index is 14.8. The van der Waals surface area contributed by atoms with Gasteiger partial charge in [0.25, 0.3) is 0 Å². The molecule has 1 aromatic carbocycles. The van der Waals surface area contributed by atoms with E-state index in [-0.39, 0.29) is 42.5 Å². The van der Waals surface area contributed by atoms with Crippen molar-refractivity contribution < 1.29 is 42.9 Å². The first-order valence-electron chi connectivity index (χ1n) is 20.6. The Balaban J connectivity index is 1.21. The van der Waals surface area contributed by atoms with E-state index in [1.807, 2.05) is 39.1 Å². The minimum Gasteiger partial charge on any atom is -0.490 e. The Labute approximate surface area is 354 Å². The largest absolute Gasteiger partial charge is 0.490 e. The molecule has 0 spiro atoms. The van der Waals surface area contributed by atoms with E-state index in [1.54, 1.807) is 19.2 Å². The Morgan fingerprint density at radius 1 is 1.02 bits per heavy atom. The van der Waals surface area contributed by atoms with Gasteiger partial charge in [-0.05, 0) is 66.9 Å². The molecule has 14 nitrogen and oxygen atoms in total. The average Bonchev–Trinajstić information content (AvgIpc) is 3.82. The first kappa shape index (κ1) is 42.9. The lowest BCUT2D eigenvalue weighted by Gasteiger charge is -2.35. The van der Waals surface area contributed by atoms with Crippen molar-refractivity contribution in [1.29, 1.82) is 0 Å². The summed E-state index contributed by atoms with van der Waals surface area (Å²) in [5.41, 5.74) is -0.0450. The highest BCUT2D eigenvalue weighted by molar-refractivity contribution is 7.13. The lowest BCUT2D eigenvalue weighted by atomic mass is 9.85. The predicted molar refractivity (Wildman–Crippen MR) is 223 cm³/mol. The van der Waals surface area contributed by atoms with Crippen LogP contribution in [-0.2, 0) is 28.6 Å². The van der Waals surface area contributed by atoms with Crippen molar-refractivity contribution in [2.24, 2.45) is 23.2 Å². The molecule has 1 saturated heterocycles. The number of amides is 3. The maximum absolute atomic E-state index is 14.8. The molecular weight excluding hydrogens is 798 g/mol. The Morgan fingerprint density at radius 3 is 2.39 bits per heavy atom. The number of likely N-dealkylation sites (tertiary alicyclic amines) is 1. The quantitative estimate of drug-likeness (QED) is 0.121. The first-order chi connectivity index (χ1) is 28.1. The summed E-state index contributed by atoms with van der Waals surface area (Å²) in [5, 5.41) is 9.39. The molecule has 0 bridgehead atoms. The number of ether oxygens (including phenoxy) is 5. The van der Waals surface area contributed by atoms with Crippen LogP contribution in [-0.4, -0.2) is 103 Å². The predicted octanol–water partition coefficient (Wildman–Crippen LogP) is 6.91. The van der Waals surface area contributed by atoms with Crippen LogP contribution in [0.3, 0.4) is 0 Å². The third-order valence-corrected chi connectivity index (χ3v) is 13.5. The number of fused-ring (bicyclic) bond motifs is 2. The van der Waals surface area contributed by atoms with Crippen molar-refractivity contribution in [2.45, 2.75) is 116 Å². The van der Waals surface area contributed by atoms with E-state index in [0.717, 1.165) is 18.5 Å². The fraction of sp³-hybridized carbons (Fsp3) is 0.628. The standard InChI is InChI=1S/C43H56ClN5O9S/c1-9-25-19-43(25,40(52)55-8)48-37(50)31-17-27(20-49(31)39(51)36(42(4,5)6)47-41(53)58-26-15-23-14-24(23)16-26)57-33-18-29(38-46-30(21-59-38)22(2)3)45-35-28(33)10-11-32(34(35)44)56-13-12-54-7/h10-11,18,21-27,31,36H,9,12-17,19-20H2,1-8H3,(H,47,53)(H,48,50)/t23-,24+,25-,26+,27-,31+,36?,43-/m1/s1. The lowest BCUT2D eigenvalue weighted by molar-refractivity contribution is -0.148. The van der Waals surface area contributed by atoms with Crippen molar-refractivity contribution in [2.75, 3.05) is 34.0 Å². The van der Waals surface area contributed by atoms with Crippen molar-refractivity contribution in [3.8, 4) is 22.2 Å². The van der Waals surface area contributed by atoms with Crippen LogP contribution in [0, 0.1) is 23.2 Å². The second-order valence-corrected chi connectivity index (χ2v) is 19.0. The number of methoxy groups -OCH3 is 2. The van der Waals surface area contributed by atoms with Gasteiger partial charge in [0.1, 0.15) is 63.7 Å². The summed E-state index contributed by atoms with van der Waals surface area (Å²) in [6, 6.07) is 3.28. The summed E-state index contributed by atoms with van der Waals surface area (Å²) >= 11 is 8.43. The number of esters is 1. The van der Waals surface area contributed by atoms with Crippen LogP contribution in [0.1, 0.15) is 91.7 Å². The van der Waals surface area contributed by atoms with Gasteiger partial charge in [0.05, 0.1) is 31.5 Å². The van der Waals surface area contributed by atoms with Gasteiger partial charge < -0.3 is 39.2 Å². The molecule has 7 rings (SSSR count). The number of aromatic nitrogens is 2. The molecule has 3 heterocycles. The highest BCUT2D eigenvalue weighted by atomic mass is 35.5. The van der Waals surface area contributed by atoms with Crippen LogP contribution in [0.25, 0.3) is 21.6 Å². The molecule has 1 unspecified atom stereocenters. The number of carbonyl (C=O) groups excluding carboxylic acids is 4. The molecule has 2 aromatic heterocycles. The van der Waals surface area contributed by atoms with Gasteiger partial charge in [-0.25, -0.2) is 19.6 Å². The van der Waals surface area contributed by atoms with Crippen molar-refractivity contribution >= 4 is 57.7 Å². The number of benzene rings is 1. The minimum atomic E-state index is -1.18. The third kappa shape index (κ3) is 8.97. The van der Waals surface area contributed by atoms with Gasteiger partial charge in [-0.2, -0.15) is 0 Å². The number of hydrogen-bond donors (Lipinski definition) is 2. The zero-order valence-electron chi connectivity index (χ0n) is 35.1. The number of nitrogens with one attached hydrogen (secondary N) is 2. The summed E-state index contributed by atoms with van der Waals surface area (Å²) in [6.45, 7) is 12.3. The molecule has 1 aliphatic heterocycles. The van der Waals surface area contributed by atoms with E-state index >= 15 is 0 Å². The smallest absolute Gasteiger partial charge is 0.408 e. The molecule has 16 heteroatoms. The third-order valence-electron chi connectivity index (χ3n) is 12.2. The number of alkyl carbamates (subject to hydrolysis) is 1. The molecule has 3 amide bonds. The number of rotatable bonds is 15. The number of pyridine rings is 1. The molecular formula is C43H56ClN5O9S. The zero-order valence-corrected chi connectivity index (χ0v) is 36.7. The summed E-state index contributed by atoms with van der Waals surface area (Å²) in [6.07, 6.45) is 2.50. The van der Waals surface area contributed by atoms with Gasteiger partial charge in [-0.3, -0.25) is 9.59 Å². The Kier molecular flexibility index (Phi) is 12.4. The van der Waals surface area contributed by atoms with Crippen molar-refractivity contribution in [3.63, 3.8) is 0 Å². The van der Waals surface area contributed by atoms with E-state index in [0.29, 0.717) is 64.4 Å². The molecule has 3 aliphatic carbocycles. The van der Waals surface area contributed by atoms with E-state index in [9.17, 15) is 19.2 Å². The van der Waals surface area contributed by atoms with Gasteiger partial charge in [0.2, 0.25) is 11.8 Å². The zero-order chi connectivity index (χ0) is 42.4. The van der Waals surface area contributed by atoms with E-state index < -0.39 is 53.0 Å². The van der Waals surface area contributed by atoms with Crippen LogP contribution in [0.4, 0.5) is 4.79 Å². The highest BCUT2D eigenvalue weighted by Crippen LogP contribution is 2.52. The van der Waals surface area contributed by atoms with Crippen molar-refractivity contribution in [1.82, 2.24) is 25.5 Å². The fourth-order valence-corrected chi connectivity index (χ4v) is 9.82. The molecule has 4 aliphatic rings. The van der Waals surface area contributed by atoms with Crippen LogP contribution in [0.5, 0.6) is 11.5 Å². The Bertz CT molecular complexity index is 2080. The second-order valence-electron chi connectivity index (χ2n) is 17.8. The number of thiazole rings is 1. The molecule has 59 heavy (non-hydrogen) atoms. The van der Waals surface area contributed by atoms with Gasteiger partial charge >= 0.3 is 12.1 Å². The molecule has 3 aromatic rings. The molecule has 4 fully saturated rings. The monoisotopic (exact) mass is 853 g/mol. The topological polar surface area (TPSA) is 168 Å². The SMILES string of the molecule is CC[C@@H]1C[C@]1(NC(=O)[C@@H]1C[C@@H](Oc2cc(-c3nc(C(C)C)cs3)nc3c(Cl)c(OCCOC)ccc23)CN1C(=O)C(NC(=O)O[C@@H]1C[C@@H]2C[C@@H]2C1)C(C)(C)C)C(=O)OC. The van der Waals surface area contributed by atoms with Crippen molar-refractivity contribution in [3.05, 3.63) is 34.3 Å². The first-order valence-corrected chi connectivity index (χ1v) is 21.9. The number of halogens is 1. The van der Waals surface area contributed by atoms with Crippen LogP contribution >= 0.6 is 22.9 Å². The number of nitrogens with zero attached hydrogens (tertiary/aromatic N) is 3. The Hall–Kier alpha value is -4.21. The molecule has 0 radical (unpaired) electrons. The van der Waals surface area contributed by atoms with Gasteiger partial charge in [-0.1, -0.05) is 59.6 Å². The lowest BCUT2D eigenvalue weighted by Crippen LogP contribution is -2.59. The Morgan fingerprint density at radius 2 is 1.76 bits per heavy atom. The second kappa shape index (κ2) is 17.0. The van der Waals surface area contributed by atoms with Crippen LogP contribution in [0.15, 0.2) is 23.6 Å². The van der Waals surface area contributed by atoms with Gasteiger partial charge in [0, 0.05) is 30.4 Å². The van der Waals surface area contributed by atoms with Gasteiger partial charge in [0.15, 0.2) is 0 Å². The van der Waals surface area contributed by atoms with E-state index in [1.165, 1.54) is 29.8 Å². The number of carbonyl (C=O) groups is 4. The van der Waals surface area contributed by atoms with E-state index in [4.69, 9.17) is 45.3 Å². The summed E-state index contributed by atoms with van der Waals surface area (Å²) in [5.74, 6) is 0.689. The van der Waals surface area contributed by atoms with Gasteiger partial charge in [-0.15, -0.1) is 11.3 Å². The summed E-state index contributed by atoms with van der Waals surface area (Å²) in [7, 11) is 2.89. The summed E-state index contributed by atoms with van der Waals surface area (Å²) in [4.78, 5) is 66.8. The molecule has 2 N–H and O–H groups in total. The summed E-state index contributed by atoms with van der Waals surface area (Å²) < 4.78 is 28.8. The average molecular weight is 854 g/mol. The molecule has 3 saturated carbocycles. The molecule has 8 atom stereocenters. The number of hydrogen-bond acceptors (Lipinski definition) is 12. The molecule has 320 valence electrons. The normalized spacial score (nSPS) is 26.3.